The molecule has 6 heteroatoms. The third-order valence-electron chi connectivity index (χ3n) is 5.44. The molecule has 2 fully saturated rings. The SMILES string of the molecule is O=C(c1cc(N2CCN(c3ccc(F)cc3)CC2)ccn1)N1CCCCC1. The molecule has 3 heterocycles. The largest absolute Gasteiger partial charge is 0.368 e. The molecule has 0 N–H and O–H groups in total. The zero-order valence-electron chi connectivity index (χ0n) is 15.5. The third-order valence-corrected chi connectivity index (χ3v) is 5.44. The predicted octanol–water partition coefficient (Wildman–Crippen LogP) is 3.17. The quantitative estimate of drug-likeness (QED) is 0.834. The van der Waals surface area contributed by atoms with Crippen molar-refractivity contribution < 1.29 is 9.18 Å². The number of carbonyl (C=O) groups is 1. The highest BCUT2D eigenvalue weighted by molar-refractivity contribution is 5.93. The second-order valence-corrected chi connectivity index (χ2v) is 7.20. The molecule has 2 aromatic rings. The van der Waals surface area contributed by atoms with Gasteiger partial charge in [0, 0.05) is 56.8 Å². The molecule has 0 bridgehead atoms. The van der Waals surface area contributed by atoms with Gasteiger partial charge in [0.2, 0.25) is 0 Å². The highest BCUT2D eigenvalue weighted by atomic mass is 19.1. The van der Waals surface area contributed by atoms with Crippen molar-refractivity contribution in [2.45, 2.75) is 19.3 Å². The second-order valence-electron chi connectivity index (χ2n) is 7.20. The molecule has 4 rings (SSSR count). The zero-order valence-corrected chi connectivity index (χ0v) is 15.5. The van der Waals surface area contributed by atoms with E-state index in [1.54, 1.807) is 6.20 Å². The van der Waals surface area contributed by atoms with Gasteiger partial charge in [0.1, 0.15) is 11.5 Å². The number of piperazine rings is 1. The number of likely N-dealkylation sites (tertiary alicyclic amines) is 1. The summed E-state index contributed by atoms with van der Waals surface area (Å²) in [5.74, 6) is -0.165. The highest BCUT2D eigenvalue weighted by Crippen LogP contribution is 2.22. The van der Waals surface area contributed by atoms with E-state index in [-0.39, 0.29) is 11.7 Å². The summed E-state index contributed by atoms with van der Waals surface area (Å²) in [6, 6.07) is 10.6. The van der Waals surface area contributed by atoms with Gasteiger partial charge >= 0.3 is 0 Å². The van der Waals surface area contributed by atoms with Crippen LogP contribution in [0.3, 0.4) is 0 Å². The fourth-order valence-corrected chi connectivity index (χ4v) is 3.87. The molecule has 1 aromatic carbocycles. The van der Waals surface area contributed by atoms with E-state index in [1.165, 1.54) is 18.6 Å². The van der Waals surface area contributed by atoms with Crippen molar-refractivity contribution in [3.05, 3.63) is 54.1 Å². The van der Waals surface area contributed by atoms with Gasteiger partial charge in [0.15, 0.2) is 0 Å². The van der Waals surface area contributed by atoms with Gasteiger partial charge in [-0.3, -0.25) is 9.78 Å². The summed E-state index contributed by atoms with van der Waals surface area (Å²) in [6.45, 7) is 5.12. The maximum Gasteiger partial charge on any atom is 0.272 e. The summed E-state index contributed by atoms with van der Waals surface area (Å²) in [4.78, 5) is 23.5. The van der Waals surface area contributed by atoms with Crippen LogP contribution in [0, 0.1) is 5.82 Å². The lowest BCUT2D eigenvalue weighted by molar-refractivity contribution is 0.0718. The number of halogens is 1. The summed E-state index contributed by atoms with van der Waals surface area (Å²) in [6.07, 6.45) is 5.10. The van der Waals surface area contributed by atoms with Crippen LogP contribution in [-0.4, -0.2) is 55.1 Å². The number of piperidine rings is 1. The molecule has 1 aromatic heterocycles. The normalized spacial score (nSPS) is 17.9. The van der Waals surface area contributed by atoms with Crippen molar-refractivity contribution in [1.82, 2.24) is 9.88 Å². The lowest BCUT2D eigenvalue weighted by atomic mass is 10.1. The summed E-state index contributed by atoms with van der Waals surface area (Å²) in [7, 11) is 0. The van der Waals surface area contributed by atoms with Crippen LogP contribution in [0.5, 0.6) is 0 Å². The summed E-state index contributed by atoms with van der Waals surface area (Å²) in [5.41, 5.74) is 2.63. The number of aromatic nitrogens is 1. The van der Waals surface area contributed by atoms with E-state index in [2.05, 4.69) is 14.8 Å². The molecule has 2 saturated heterocycles. The predicted molar refractivity (Wildman–Crippen MR) is 105 cm³/mol. The van der Waals surface area contributed by atoms with Gasteiger partial charge in [0.05, 0.1) is 0 Å². The van der Waals surface area contributed by atoms with Gasteiger partial charge in [-0.25, -0.2) is 4.39 Å². The number of nitrogens with zero attached hydrogens (tertiary/aromatic N) is 4. The number of amides is 1. The Hall–Kier alpha value is -2.63. The minimum Gasteiger partial charge on any atom is -0.368 e. The number of carbonyl (C=O) groups excluding carboxylic acids is 1. The van der Waals surface area contributed by atoms with Gasteiger partial charge in [-0.05, 0) is 55.7 Å². The van der Waals surface area contributed by atoms with E-state index in [0.29, 0.717) is 5.69 Å². The van der Waals surface area contributed by atoms with E-state index >= 15 is 0 Å². The molecule has 5 nitrogen and oxygen atoms in total. The van der Waals surface area contributed by atoms with Crippen LogP contribution in [0.25, 0.3) is 0 Å². The first-order valence-electron chi connectivity index (χ1n) is 9.71. The van der Waals surface area contributed by atoms with Crippen molar-refractivity contribution in [1.29, 1.82) is 0 Å². The first kappa shape index (κ1) is 17.8. The van der Waals surface area contributed by atoms with Crippen LogP contribution < -0.4 is 9.80 Å². The molecule has 0 saturated carbocycles. The first-order chi connectivity index (χ1) is 13.2. The number of hydrogen-bond acceptors (Lipinski definition) is 4. The molecule has 0 aliphatic carbocycles. The Labute approximate surface area is 159 Å². The fourth-order valence-electron chi connectivity index (χ4n) is 3.87. The maximum absolute atomic E-state index is 13.1. The lowest BCUT2D eigenvalue weighted by Crippen LogP contribution is -2.46. The Kier molecular flexibility index (Phi) is 5.23. The number of rotatable bonds is 3. The number of anilines is 2. The summed E-state index contributed by atoms with van der Waals surface area (Å²) >= 11 is 0. The number of hydrogen-bond donors (Lipinski definition) is 0. The topological polar surface area (TPSA) is 39.7 Å². The molecule has 142 valence electrons. The first-order valence-corrected chi connectivity index (χ1v) is 9.71. The van der Waals surface area contributed by atoms with Crippen molar-refractivity contribution in [2.75, 3.05) is 49.1 Å². The van der Waals surface area contributed by atoms with Gasteiger partial charge < -0.3 is 14.7 Å². The Balaban J connectivity index is 1.41. The molecule has 0 spiro atoms. The van der Waals surface area contributed by atoms with Gasteiger partial charge in [-0.1, -0.05) is 0 Å². The molecule has 0 unspecified atom stereocenters. The summed E-state index contributed by atoms with van der Waals surface area (Å²) in [5, 5.41) is 0. The maximum atomic E-state index is 13.1. The van der Waals surface area contributed by atoms with Crippen molar-refractivity contribution in [3.63, 3.8) is 0 Å². The molecular formula is C21H25FN4O. The van der Waals surface area contributed by atoms with E-state index in [9.17, 15) is 9.18 Å². The smallest absolute Gasteiger partial charge is 0.272 e. The minimum absolute atomic E-state index is 0.0431. The Morgan fingerprint density at radius 1 is 0.815 bits per heavy atom. The molecule has 1 amide bonds. The van der Waals surface area contributed by atoms with Crippen LogP contribution in [0.1, 0.15) is 29.8 Å². The van der Waals surface area contributed by atoms with E-state index in [4.69, 9.17) is 0 Å². The van der Waals surface area contributed by atoms with Gasteiger partial charge in [0.25, 0.3) is 5.91 Å². The number of pyridine rings is 1. The summed E-state index contributed by atoms with van der Waals surface area (Å²) < 4.78 is 13.1. The third kappa shape index (κ3) is 4.04. The van der Waals surface area contributed by atoms with Gasteiger partial charge in [-0.15, -0.1) is 0 Å². The monoisotopic (exact) mass is 368 g/mol. The van der Waals surface area contributed by atoms with E-state index in [0.717, 1.165) is 63.5 Å². The lowest BCUT2D eigenvalue weighted by Gasteiger charge is -2.37. The number of benzene rings is 1. The van der Waals surface area contributed by atoms with E-state index < -0.39 is 0 Å². The average Bonchev–Trinajstić information content (AvgIpc) is 2.75. The molecule has 2 aliphatic heterocycles. The minimum atomic E-state index is -0.208. The van der Waals surface area contributed by atoms with Crippen LogP contribution >= 0.6 is 0 Å². The zero-order chi connectivity index (χ0) is 18.6. The fraction of sp³-hybridized carbons (Fsp3) is 0.429. The van der Waals surface area contributed by atoms with Crippen LogP contribution in [-0.2, 0) is 0 Å². The van der Waals surface area contributed by atoms with Crippen molar-refractivity contribution in [2.24, 2.45) is 0 Å². The van der Waals surface area contributed by atoms with Crippen LogP contribution in [0.4, 0.5) is 15.8 Å². The molecule has 0 atom stereocenters. The van der Waals surface area contributed by atoms with Crippen LogP contribution in [0.2, 0.25) is 0 Å². The van der Waals surface area contributed by atoms with Crippen molar-refractivity contribution >= 4 is 17.3 Å². The standard InChI is InChI=1S/C21H25FN4O/c22-17-4-6-18(7-5-17)24-12-14-25(15-13-24)19-8-9-23-20(16-19)21(27)26-10-2-1-3-11-26/h4-9,16H,1-3,10-15H2. The highest BCUT2D eigenvalue weighted by Gasteiger charge is 2.22. The van der Waals surface area contributed by atoms with Crippen molar-refractivity contribution in [3.8, 4) is 0 Å². The second kappa shape index (κ2) is 7.94. The molecule has 0 radical (unpaired) electrons. The Morgan fingerprint density at radius 3 is 2.11 bits per heavy atom. The molecule has 2 aliphatic rings. The average molecular weight is 368 g/mol. The van der Waals surface area contributed by atoms with E-state index in [1.807, 2.05) is 29.2 Å². The molecular weight excluding hydrogens is 343 g/mol. The Morgan fingerprint density at radius 2 is 1.44 bits per heavy atom. The van der Waals surface area contributed by atoms with Crippen LogP contribution in [0.15, 0.2) is 42.6 Å². The van der Waals surface area contributed by atoms with Gasteiger partial charge in [-0.2, -0.15) is 0 Å². The molecule has 27 heavy (non-hydrogen) atoms. The Bertz CT molecular complexity index is 781.